The average Bonchev–Trinajstić information content (AvgIpc) is 2.59. The monoisotopic (exact) mass is 314 g/mol. The highest BCUT2D eigenvalue weighted by molar-refractivity contribution is 5.62. The van der Waals surface area contributed by atoms with Gasteiger partial charge in [0.1, 0.15) is 0 Å². The minimum Gasteiger partial charge on any atom is -0.382 e. The predicted octanol–water partition coefficient (Wildman–Crippen LogP) is 6.13. The maximum absolute atomic E-state index is 3.87. The van der Waals surface area contributed by atoms with Crippen molar-refractivity contribution in [3.8, 4) is 0 Å². The van der Waals surface area contributed by atoms with Gasteiger partial charge in [-0.3, -0.25) is 0 Å². The molecule has 0 aromatic heterocycles. The smallest absolute Gasteiger partial charge is 0.0395 e. The van der Waals surface area contributed by atoms with Crippen LogP contribution in [0.15, 0.2) is 18.2 Å². The number of aryl methyl sites for hydroxylation is 1. The molecule has 0 amide bonds. The molecule has 2 saturated carbocycles. The van der Waals surface area contributed by atoms with E-state index in [1.165, 1.54) is 94.0 Å². The van der Waals surface area contributed by atoms with E-state index in [4.69, 9.17) is 0 Å². The van der Waals surface area contributed by atoms with E-state index >= 15 is 0 Å². The Morgan fingerprint density at radius 1 is 0.826 bits per heavy atom. The fraction of sp³-hybridized carbons (Fsp3) is 0.714. The Labute approximate surface area is 142 Å². The standard InChI is InChI=1S/C21H34N2/c1-2-9-17-14-15-20(22-18-10-5-3-6-11-18)16-21(17)23-19-12-7-4-8-13-19/h14-16,18-19,22-23H,2-13H2,1H3. The number of benzene rings is 1. The van der Waals surface area contributed by atoms with Gasteiger partial charge >= 0.3 is 0 Å². The minimum atomic E-state index is 0.684. The van der Waals surface area contributed by atoms with E-state index in [2.05, 4.69) is 35.8 Å². The van der Waals surface area contributed by atoms with Crippen LogP contribution in [0.4, 0.5) is 11.4 Å². The lowest BCUT2D eigenvalue weighted by atomic mass is 9.94. The van der Waals surface area contributed by atoms with Crippen molar-refractivity contribution < 1.29 is 0 Å². The third kappa shape index (κ3) is 4.89. The van der Waals surface area contributed by atoms with E-state index in [1.807, 2.05) is 0 Å². The molecule has 0 heterocycles. The maximum atomic E-state index is 3.87. The summed E-state index contributed by atoms with van der Waals surface area (Å²) in [4.78, 5) is 0. The van der Waals surface area contributed by atoms with Crippen molar-refractivity contribution in [2.24, 2.45) is 0 Å². The van der Waals surface area contributed by atoms with Crippen molar-refractivity contribution in [3.63, 3.8) is 0 Å². The first kappa shape index (κ1) is 16.7. The lowest BCUT2D eigenvalue weighted by Gasteiger charge is -2.27. The van der Waals surface area contributed by atoms with Crippen LogP contribution in [0.5, 0.6) is 0 Å². The Hall–Kier alpha value is -1.18. The second kappa shape index (κ2) is 8.61. The number of hydrogen-bond donors (Lipinski definition) is 2. The first-order valence-electron chi connectivity index (χ1n) is 10.0. The summed E-state index contributed by atoms with van der Waals surface area (Å²) >= 11 is 0. The van der Waals surface area contributed by atoms with Gasteiger partial charge in [-0.05, 0) is 49.8 Å². The number of anilines is 2. The molecule has 0 saturated heterocycles. The van der Waals surface area contributed by atoms with Crippen LogP contribution >= 0.6 is 0 Å². The molecular formula is C21H34N2. The molecule has 23 heavy (non-hydrogen) atoms. The molecule has 0 bridgehead atoms. The zero-order valence-electron chi connectivity index (χ0n) is 14.9. The average molecular weight is 315 g/mol. The SMILES string of the molecule is CCCc1ccc(NC2CCCCC2)cc1NC1CCCCC1. The minimum absolute atomic E-state index is 0.684. The Bertz CT molecular complexity index is 471. The van der Waals surface area contributed by atoms with Crippen LogP contribution in [-0.2, 0) is 6.42 Å². The molecule has 0 unspecified atom stereocenters. The van der Waals surface area contributed by atoms with Gasteiger partial charge in [-0.25, -0.2) is 0 Å². The molecule has 2 aliphatic carbocycles. The normalized spacial score (nSPS) is 20.4. The summed E-state index contributed by atoms with van der Waals surface area (Å²) in [5.74, 6) is 0. The molecule has 2 nitrogen and oxygen atoms in total. The first-order valence-corrected chi connectivity index (χ1v) is 10.0. The lowest BCUT2D eigenvalue weighted by Crippen LogP contribution is -2.24. The van der Waals surface area contributed by atoms with E-state index < -0.39 is 0 Å². The Morgan fingerprint density at radius 3 is 2.04 bits per heavy atom. The zero-order chi connectivity index (χ0) is 15.9. The van der Waals surface area contributed by atoms with Crippen LogP contribution in [-0.4, -0.2) is 12.1 Å². The molecule has 1 aromatic carbocycles. The topological polar surface area (TPSA) is 24.1 Å². The Kier molecular flexibility index (Phi) is 6.24. The molecule has 2 N–H and O–H groups in total. The van der Waals surface area contributed by atoms with Crippen LogP contribution < -0.4 is 10.6 Å². The van der Waals surface area contributed by atoms with E-state index in [-0.39, 0.29) is 0 Å². The largest absolute Gasteiger partial charge is 0.382 e. The van der Waals surface area contributed by atoms with E-state index in [0.717, 1.165) is 0 Å². The maximum Gasteiger partial charge on any atom is 0.0395 e. The van der Waals surface area contributed by atoms with Crippen LogP contribution in [0.3, 0.4) is 0 Å². The van der Waals surface area contributed by atoms with Crippen molar-refractivity contribution in [2.75, 3.05) is 10.6 Å². The summed E-state index contributed by atoms with van der Waals surface area (Å²) in [6, 6.07) is 8.40. The van der Waals surface area contributed by atoms with Crippen LogP contribution in [0.1, 0.15) is 83.1 Å². The highest BCUT2D eigenvalue weighted by Crippen LogP contribution is 2.29. The Balaban J connectivity index is 1.69. The summed E-state index contributed by atoms with van der Waals surface area (Å²) in [5.41, 5.74) is 4.20. The molecular weight excluding hydrogens is 280 g/mol. The van der Waals surface area contributed by atoms with Gasteiger partial charge in [-0.1, -0.05) is 57.9 Å². The van der Waals surface area contributed by atoms with E-state index in [1.54, 1.807) is 0 Å². The second-order valence-electron chi connectivity index (χ2n) is 7.58. The number of hydrogen-bond acceptors (Lipinski definition) is 2. The van der Waals surface area contributed by atoms with Gasteiger partial charge in [-0.15, -0.1) is 0 Å². The van der Waals surface area contributed by atoms with Gasteiger partial charge in [-0.2, -0.15) is 0 Å². The first-order chi connectivity index (χ1) is 11.3. The van der Waals surface area contributed by atoms with Gasteiger partial charge < -0.3 is 10.6 Å². The molecule has 0 spiro atoms. The molecule has 2 aliphatic rings. The summed E-state index contributed by atoms with van der Waals surface area (Å²) in [6.45, 7) is 2.28. The summed E-state index contributed by atoms with van der Waals surface area (Å²) in [5, 5.41) is 7.66. The lowest BCUT2D eigenvalue weighted by molar-refractivity contribution is 0.461. The molecule has 3 rings (SSSR count). The van der Waals surface area contributed by atoms with Gasteiger partial charge in [0.15, 0.2) is 0 Å². The fourth-order valence-corrected chi connectivity index (χ4v) is 4.24. The molecule has 0 aliphatic heterocycles. The molecule has 1 aromatic rings. The predicted molar refractivity (Wildman–Crippen MR) is 101 cm³/mol. The molecule has 2 fully saturated rings. The summed E-state index contributed by atoms with van der Waals surface area (Å²) < 4.78 is 0. The van der Waals surface area contributed by atoms with Crippen molar-refractivity contribution in [3.05, 3.63) is 23.8 Å². The van der Waals surface area contributed by atoms with Crippen molar-refractivity contribution in [1.29, 1.82) is 0 Å². The fourth-order valence-electron chi connectivity index (χ4n) is 4.24. The third-order valence-electron chi connectivity index (χ3n) is 5.57. The Morgan fingerprint density at radius 2 is 1.43 bits per heavy atom. The van der Waals surface area contributed by atoms with Crippen LogP contribution in [0, 0.1) is 0 Å². The summed E-state index contributed by atoms with van der Waals surface area (Å²) in [6.07, 6.45) is 16.1. The third-order valence-corrected chi connectivity index (χ3v) is 5.57. The van der Waals surface area contributed by atoms with E-state index in [0.29, 0.717) is 12.1 Å². The van der Waals surface area contributed by atoms with Gasteiger partial charge in [0, 0.05) is 23.5 Å². The van der Waals surface area contributed by atoms with Gasteiger partial charge in [0.2, 0.25) is 0 Å². The number of rotatable bonds is 6. The zero-order valence-corrected chi connectivity index (χ0v) is 14.9. The van der Waals surface area contributed by atoms with Crippen molar-refractivity contribution in [2.45, 2.75) is 96.1 Å². The van der Waals surface area contributed by atoms with E-state index in [9.17, 15) is 0 Å². The second-order valence-corrected chi connectivity index (χ2v) is 7.58. The van der Waals surface area contributed by atoms with Crippen LogP contribution in [0.2, 0.25) is 0 Å². The highest BCUT2D eigenvalue weighted by Gasteiger charge is 2.16. The number of nitrogens with one attached hydrogen (secondary N) is 2. The molecule has 0 atom stereocenters. The molecule has 128 valence electrons. The van der Waals surface area contributed by atoms with Crippen LogP contribution in [0.25, 0.3) is 0 Å². The molecule has 0 radical (unpaired) electrons. The quantitative estimate of drug-likeness (QED) is 0.660. The van der Waals surface area contributed by atoms with Crippen molar-refractivity contribution >= 4 is 11.4 Å². The highest BCUT2D eigenvalue weighted by atomic mass is 14.9. The van der Waals surface area contributed by atoms with Gasteiger partial charge in [0.05, 0.1) is 0 Å². The van der Waals surface area contributed by atoms with Gasteiger partial charge in [0.25, 0.3) is 0 Å². The summed E-state index contributed by atoms with van der Waals surface area (Å²) in [7, 11) is 0. The van der Waals surface area contributed by atoms with Crippen molar-refractivity contribution in [1.82, 2.24) is 0 Å². The molecule has 2 heteroatoms.